The van der Waals surface area contributed by atoms with Gasteiger partial charge in [-0.2, -0.15) is 0 Å². The lowest BCUT2D eigenvalue weighted by molar-refractivity contribution is -0.120. The molecule has 0 unspecified atom stereocenters. The number of likely N-dealkylation sites (N-methyl/N-ethyl adjacent to an activating group) is 1. The van der Waals surface area contributed by atoms with Gasteiger partial charge in [0.15, 0.2) is 0 Å². The molecule has 0 spiro atoms. The van der Waals surface area contributed by atoms with Crippen LogP contribution in [0.3, 0.4) is 0 Å². The number of amides is 1. The third kappa shape index (κ3) is 4.90. The minimum Gasteiger partial charge on any atom is -0.354 e. The van der Waals surface area contributed by atoms with Gasteiger partial charge in [0.25, 0.3) is 0 Å². The lowest BCUT2D eigenvalue weighted by Crippen LogP contribution is -2.38. The lowest BCUT2D eigenvalue weighted by atomic mass is 10.4. The van der Waals surface area contributed by atoms with E-state index >= 15 is 0 Å². The first-order chi connectivity index (χ1) is 8.86. The predicted molar refractivity (Wildman–Crippen MR) is 75.9 cm³/mol. The summed E-state index contributed by atoms with van der Waals surface area (Å²) in [6, 6.07) is 1.65. The van der Waals surface area contributed by atoms with Crippen LogP contribution in [0.2, 0.25) is 0 Å². The fourth-order valence-electron chi connectivity index (χ4n) is 1.56. The van der Waals surface area contributed by atoms with Crippen molar-refractivity contribution in [1.29, 1.82) is 0 Å². The molecule has 1 aromatic heterocycles. The van der Waals surface area contributed by atoms with Crippen molar-refractivity contribution in [2.75, 3.05) is 26.7 Å². The second-order valence-electron chi connectivity index (χ2n) is 4.06. The highest BCUT2D eigenvalue weighted by Crippen LogP contribution is 2.24. The lowest BCUT2D eigenvalue weighted by Gasteiger charge is -2.07. The predicted octanol–water partition coefficient (Wildman–Crippen LogP) is -0.0212. The van der Waals surface area contributed by atoms with Gasteiger partial charge in [0, 0.05) is 22.8 Å². The minimum absolute atomic E-state index is 0.163. The molecular formula is C11H19N3O3S2. The standard InChI is InChI=1S/C11H19N3O3S2/c1-8-6-10(9(2)18-8)19(16,17)14-5-4-13-11(15)7-12-3/h6,12,14H,4-5,7H2,1-3H3,(H,13,15). The van der Waals surface area contributed by atoms with E-state index in [-0.39, 0.29) is 25.5 Å². The smallest absolute Gasteiger partial charge is 0.241 e. The van der Waals surface area contributed by atoms with Crippen LogP contribution in [0.1, 0.15) is 9.75 Å². The van der Waals surface area contributed by atoms with E-state index in [0.29, 0.717) is 4.90 Å². The average Bonchev–Trinajstić information content (AvgIpc) is 2.65. The summed E-state index contributed by atoms with van der Waals surface area (Å²) in [7, 11) is -1.82. The van der Waals surface area contributed by atoms with Crippen molar-refractivity contribution in [1.82, 2.24) is 15.4 Å². The first kappa shape index (κ1) is 16.1. The van der Waals surface area contributed by atoms with Crippen LogP contribution in [-0.4, -0.2) is 41.0 Å². The molecule has 108 valence electrons. The van der Waals surface area contributed by atoms with Gasteiger partial charge in [0.05, 0.1) is 11.4 Å². The summed E-state index contributed by atoms with van der Waals surface area (Å²) in [6.07, 6.45) is 0. The van der Waals surface area contributed by atoms with Gasteiger partial charge in [0.2, 0.25) is 15.9 Å². The highest BCUT2D eigenvalue weighted by molar-refractivity contribution is 7.89. The topological polar surface area (TPSA) is 87.3 Å². The Morgan fingerprint density at radius 1 is 1.32 bits per heavy atom. The van der Waals surface area contributed by atoms with Crippen LogP contribution in [-0.2, 0) is 14.8 Å². The molecule has 0 saturated carbocycles. The van der Waals surface area contributed by atoms with Gasteiger partial charge in [-0.05, 0) is 27.0 Å². The molecular weight excluding hydrogens is 286 g/mol. The van der Waals surface area contributed by atoms with Crippen LogP contribution in [0.4, 0.5) is 0 Å². The maximum absolute atomic E-state index is 12.0. The van der Waals surface area contributed by atoms with Gasteiger partial charge in [0.1, 0.15) is 0 Å². The maximum Gasteiger partial charge on any atom is 0.241 e. The highest BCUT2D eigenvalue weighted by atomic mass is 32.2. The van der Waals surface area contributed by atoms with Crippen LogP contribution >= 0.6 is 11.3 Å². The molecule has 0 saturated heterocycles. The number of carbonyl (C=O) groups is 1. The number of hydrogen-bond acceptors (Lipinski definition) is 5. The highest BCUT2D eigenvalue weighted by Gasteiger charge is 2.18. The molecule has 0 atom stereocenters. The molecule has 1 rings (SSSR count). The fourth-order valence-corrected chi connectivity index (χ4v) is 4.15. The van der Waals surface area contributed by atoms with Gasteiger partial charge in [-0.15, -0.1) is 11.3 Å². The van der Waals surface area contributed by atoms with Gasteiger partial charge < -0.3 is 10.6 Å². The maximum atomic E-state index is 12.0. The number of nitrogens with one attached hydrogen (secondary N) is 3. The molecule has 8 heteroatoms. The summed E-state index contributed by atoms with van der Waals surface area (Å²) in [6.45, 7) is 4.30. The van der Waals surface area contributed by atoms with Crippen molar-refractivity contribution in [3.05, 3.63) is 15.8 Å². The molecule has 0 fully saturated rings. The van der Waals surface area contributed by atoms with Crippen molar-refractivity contribution >= 4 is 27.3 Å². The summed E-state index contributed by atoms with van der Waals surface area (Å²) in [5, 5.41) is 5.31. The molecule has 3 N–H and O–H groups in total. The second-order valence-corrected chi connectivity index (χ2v) is 7.25. The molecule has 19 heavy (non-hydrogen) atoms. The summed E-state index contributed by atoms with van der Waals surface area (Å²) in [4.78, 5) is 13.2. The molecule has 1 amide bonds. The van der Waals surface area contributed by atoms with Crippen molar-refractivity contribution in [2.45, 2.75) is 18.7 Å². The first-order valence-corrected chi connectivity index (χ1v) is 8.15. The van der Waals surface area contributed by atoms with Crippen LogP contribution < -0.4 is 15.4 Å². The zero-order chi connectivity index (χ0) is 14.5. The van der Waals surface area contributed by atoms with Crippen molar-refractivity contribution in [2.24, 2.45) is 0 Å². The van der Waals surface area contributed by atoms with E-state index < -0.39 is 10.0 Å². The number of carbonyl (C=O) groups excluding carboxylic acids is 1. The monoisotopic (exact) mass is 305 g/mol. The summed E-state index contributed by atoms with van der Waals surface area (Å²) in [5.74, 6) is -0.163. The Hall–Kier alpha value is -0.960. The number of sulfonamides is 1. The second kappa shape index (κ2) is 6.99. The fraction of sp³-hybridized carbons (Fsp3) is 0.545. The van der Waals surface area contributed by atoms with E-state index in [0.717, 1.165) is 9.75 Å². The van der Waals surface area contributed by atoms with Gasteiger partial charge in [-0.3, -0.25) is 4.79 Å². The van der Waals surface area contributed by atoms with E-state index in [1.165, 1.54) is 11.3 Å². The Kier molecular flexibility index (Phi) is 5.92. The zero-order valence-electron chi connectivity index (χ0n) is 11.2. The molecule has 0 aromatic carbocycles. The average molecular weight is 305 g/mol. The van der Waals surface area contributed by atoms with Crippen molar-refractivity contribution in [3.63, 3.8) is 0 Å². The van der Waals surface area contributed by atoms with E-state index in [1.807, 2.05) is 6.92 Å². The largest absolute Gasteiger partial charge is 0.354 e. The zero-order valence-corrected chi connectivity index (χ0v) is 12.9. The molecule has 6 nitrogen and oxygen atoms in total. The third-order valence-electron chi connectivity index (χ3n) is 2.36. The molecule has 0 aliphatic heterocycles. The van der Waals surface area contributed by atoms with Gasteiger partial charge in [-0.1, -0.05) is 0 Å². The Morgan fingerprint density at radius 3 is 2.53 bits per heavy atom. The third-order valence-corrected chi connectivity index (χ3v) is 5.04. The summed E-state index contributed by atoms with van der Waals surface area (Å²) in [5.41, 5.74) is 0. The molecule has 0 aliphatic rings. The number of hydrogen-bond donors (Lipinski definition) is 3. The normalized spacial score (nSPS) is 11.5. The quantitative estimate of drug-likeness (QED) is 0.618. The van der Waals surface area contributed by atoms with Crippen LogP contribution in [0.25, 0.3) is 0 Å². The SMILES string of the molecule is CNCC(=O)NCCNS(=O)(=O)c1cc(C)sc1C. The van der Waals surface area contributed by atoms with Gasteiger partial charge >= 0.3 is 0 Å². The Balaban J connectivity index is 2.48. The Morgan fingerprint density at radius 2 is 2.00 bits per heavy atom. The Labute approximate surface area is 117 Å². The first-order valence-electron chi connectivity index (χ1n) is 5.85. The van der Waals surface area contributed by atoms with Crippen molar-refractivity contribution in [3.8, 4) is 0 Å². The minimum atomic E-state index is -3.49. The Bertz CT molecular complexity index is 537. The van der Waals surface area contributed by atoms with Crippen LogP contribution in [0.5, 0.6) is 0 Å². The number of thiophene rings is 1. The van der Waals surface area contributed by atoms with Gasteiger partial charge in [-0.25, -0.2) is 13.1 Å². The van der Waals surface area contributed by atoms with Crippen molar-refractivity contribution < 1.29 is 13.2 Å². The van der Waals surface area contributed by atoms with E-state index in [9.17, 15) is 13.2 Å². The summed E-state index contributed by atoms with van der Waals surface area (Å²) >= 11 is 1.45. The molecule has 0 bridgehead atoms. The molecule has 0 aliphatic carbocycles. The van der Waals surface area contributed by atoms with E-state index in [4.69, 9.17) is 0 Å². The number of aryl methyl sites for hydroxylation is 2. The van der Waals surface area contributed by atoms with E-state index in [1.54, 1.807) is 20.0 Å². The molecule has 0 radical (unpaired) electrons. The van der Waals surface area contributed by atoms with Crippen LogP contribution in [0.15, 0.2) is 11.0 Å². The summed E-state index contributed by atoms with van der Waals surface area (Å²) < 4.78 is 26.5. The molecule has 1 aromatic rings. The number of rotatable bonds is 7. The van der Waals surface area contributed by atoms with E-state index in [2.05, 4.69) is 15.4 Å². The molecule has 1 heterocycles. The van der Waals surface area contributed by atoms with Crippen LogP contribution in [0, 0.1) is 13.8 Å².